The standard InChI is InChI=1S/C78H46N2O4/c1-3-13-47(14-4-1)51-19-11-21-55(37-51)79(59-29-33-65-75(45-59)81-69-35-25-49-17-7-9-23-61(49)77(65)69)57-27-31-63-67-39-53-42-72-68(40-54(53)41-71(67)83-73(63)43-57)64-32-28-58(44-74(64)84-72)80(56-22-12-20-52(38-56)48-15-5-2-6-16-48)60-30-34-66-76(46-60)82-70-36-26-50-18-8-10-24-62(50)78(66)70/h1-46H. The molecule has 0 fully saturated rings. The van der Waals surface area contributed by atoms with Crippen molar-refractivity contribution in [3.05, 3.63) is 279 Å². The maximum Gasteiger partial charge on any atom is 0.137 e. The Hall–Kier alpha value is -11.3. The molecule has 18 rings (SSSR count). The highest BCUT2D eigenvalue weighted by molar-refractivity contribution is 6.21. The van der Waals surface area contributed by atoms with Crippen LogP contribution in [0.1, 0.15) is 0 Å². The van der Waals surface area contributed by atoms with Crippen molar-refractivity contribution in [1.29, 1.82) is 0 Å². The number of anilines is 6. The summed E-state index contributed by atoms with van der Waals surface area (Å²) in [6.07, 6.45) is 0. The third kappa shape index (κ3) is 7.30. The first-order valence-electron chi connectivity index (χ1n) is 28.4. The first-order chi connectivity index (χ1) is 41.6. The highest BCUT2D eigenvalue weighted by Gasteiger charge is 2.23. The summed E-state index contributed by atoms with van der Waals surface area (Å²) in [4.78, 5) is 4.60. The summed E-state index contributed by atoms with van der Waals surface area (Å²) in [6.45, 7) is 0. The van der Waals surface area contributed by atoms with Gasteiger partial charge in [0, 0.05) is 101 Å². The molecule has 0 saturated carbocycles. The molecule has 0 bridgehead atoms. The SMILES string of the molecule is c1ccc(-c2cccc(N(c3ccc4c(c3)oc3cc5cc6c(cc5cc34)oc3cc(N(c4cccc(-c5ccccc5)c4)c4ccc5c(c4)oc4ccc7ccccc7c45)ccc36)c3ccc4c(c3)oc3ccc5ccccc5c34)c2)cc1. The molecule has 0 radical (unpaired) electrons. The smallest absolute Gasteiger partial charge is 0.137 e. The Labute approximate surface area is 480 Å². The van der Waals surface area contributed by atoms with Crippen molar-refractivity contribution in [2.45, 2.75) is 0 Å². The van der Waals surface area contributed by atoms with E-state index in [1.165, 1.54) is 21.5 Å². The van der Waals surface area contributed by atoms with Gasteiger partial charge in [0.05, 0.1) is 0 Å². The molecule has 84 heavy (non-hydrogen) atoms. The Morgan fingerprint density at radius 1 is 0.179 bits per heavy atom. The largest absolute Gasteiger partial charge is 0.456 e. The van der Waals surface area contributed by atoms with E-state index >= 15 is 0 Å². The van der Waals surface area contributed by atoms with Gasteiger partial charge in [-0.3, -0.25) is 0 Å². The Kier molecular flexibility index (Phi) is 9.99. The second kappa shape index (κ2) is 18.1. The average molecular weight is 1080 g/mol. The Bertz CT molecular complexity index is 5360. The number of hydrogen-bond acceptors (Lipinski definition) is 6. The molecule has 0 saturated heterocycles. The zero-order valence-corrected chi connectivity index (χ0v) is 45.1. The van der Waals surface area contributed by atoms with Crippen LogP contribution in [-0.2, 0) is 0 Å². The van der Waals surface area contributed by atoms with Crippen molar-refractivity contribution in [1.82, 2.24) is 0 Å². The molecule has 0 unspecified atom stereocenters. The van der Waals surface area contributed by atoms with Crippen LogP contribution in [0.5, 0.6) is 0 Å². The Morgan fingerprint density at radius 2 is 0.524 bits per heavy atom. The summed E-state index contributed by atoms with van der Waals surface area (Å²) in [5.41, 5.74) is 17.1. The predicted octanol–water partition coefficient (Wildman–Crippen LogP) is 23.0. The topological polar surface area (TPSA) is 59.0 Å². The third-order valence-electron chi connectivity index (χ3n) is 17.1. The van der Waals surface area contributed by atoms with Gasteiger partial charge in [0.2, 0.25) is 0 Å². The van der Waals surface area contributed by atoms with Crippen LogP contribution in [0.4, 0.5) is 34.1 Å². The molecule has 0 spiro atoms. The Balaban J connectivity index is 0.742. The monoisotopic (exact) mass is 1070 g/mol. The first kappa shape index (κ1) is 46.4. The fourth-order valence-corrected chi connectivity index (χ4v) is 13.2. The van der Waals surface area contributed by atoms with Gasteiger partial charge in [-0.1, -0.05) is 146 Å². The molecule has 0 aliphatic heterocycles. The first-order valence-corrected chi connectivity index (χ1v) is 28.4. The lowest BCUT2D eigenvalue weighted by atomic mass is 10.0. The van der Waals surface area contributed by atoms with Gasteiger partial charge < -0.3 is 27.5 Å². The molecule has 14 aromatic carbocycles. The molecule has 0 aliphatic carbocycles. The van der Waals surface area contributed by atoms with E-state index in [1.54, 1.807) is 0 Å². The minimum absolute atomic E-state index is 0.798. The number of fused-ring (bicyclic) bond motifs is 17. The highest BCUT2D eigenvalue weighted by Crippen LogP contribution is 2.46. The van der Waals surface area contributed by atoms with Crippen LogP contribution in [0.25, 0.3) is 142 Å². The molecule has 6 nitrogen and oxygen atoms in total. The van der Waals surface area contributed by atoms with Gasteiger partial charge in [0.25, 0.3) is 0 Å². The van der Waals surface area contributed by atoms with Crippen molar-refractivity contribution in [2.75, 3.05) is 9.80 Å². The lowest BCUT2D eigenvalue weighted by molar-refractivity contribution is 0.668. The quantitative estimate of drug-likeness (QED) is 0.151. The second-order valence-corrected chi connectivity index (χ2v) is 22.0. The van der Waals surface area contributed by atoms with Gasteiger partial charge in [-0.2, -0.15) is 0 Å². The van der Waals surface area contributed by atoms with Gasteiger partial charge in [0.1, 0.15) is 44.7 Å². The number of nitrogens with zero attached hydrogens (tertiary/aromatic N) is 2. The van der Waals surface area contributed by atoms with Crippen LogP contribution < -0.4 is 9.80 Å². The minimum Gasteiger partial charge on any atom is -0.456 e. The molecule has 4 aromatic heterocycles. The predicted molar refractivity (Wildman–Crippen MR) is 348 cm³/mol. The summed E-state index contributed by atoms with van der Waals surface area (Å²) in [7, 11) is 0. The summed E-state index contributed by atoms with van der Waals surface area (Å²) < 4.78 is 27.1. The summed E-state index contributed by atoms with van der Waals surface area (Å²) in [5, 5.41) is 15.5. The molecule has 0 N–H and O–H groups in total. The number of furan rings is 4. The normalized spacial score (nSPS) is 12.0. The maximum absolute atomic E-state index is 6.89. The van der Waals surface area contributed by atoms with E-state index in [4.69, 9.17) is 17.7 Å². The van der Waals surface area contributed by atoms with Gasteiger partial charge in [-0.05, 0) is 164 Å². The fourth-order valence-electron chi connectivity index (χ4n) is 13.2. The van der Waals surface area contributed by atoms with E-state index in [0.29, 0.717) is 0 Å². The molecule has 392 valence electrons. The lowest BCUT2D eigenvalue weighted by Gasteiger charge is -2.26. The van der Waals surface area contributed by atoms with E-state index in [0.717, 1.165) is 155 Å². The van der Waals surface area contributed by atoms with Crippen LogP contribution in [0.3, 0.4) is 0 Å². The van der Waals surface area contributed by atoms with Gasteiger partial charge in [-0.25, -0.2) is 0 Å². The summed E-state index contributed by atoms with van der Waals surface area (Å²) >= 11 is 0. The molecule has 0 amide bonds. The van der Waals surface area contributed by atoms with Gasteiger partial charge >= 0.3 is 0 Å². The summed E-state index contributed by atoms with van der Waals surface area (Å²) in [6, 6.07) is 99.1. The van der Waals surface area contributed by atoms with E-state index in [9.17, 15) is 0 Å². The van der Waals surface area contributed by atoms with Crippen molar-refractivity contribution in [3.8, 4) is 22.3 Å². The minimum atomic E-state index is 0.798. The Morgan fingerprint density at radius 3 is 0.964 bits per heavy atom. The van der Waals surface area contributed by atoms with Crippen LogP contribution in [0.15, 0.2) is 297 Å². The zero-order valence-electron chi connectivity index (χ0n) is 45.1. The van der Waals surface area contributed by atoms with Crippen molar-refractivity contribution < 1.29 is 17.7 Å². The van der Waals surface area contributed by atoms with Crippen molar-refractivity contribution in [3.63, 3.8) is 0 Å². The fraction of sp³-hybridized carbons (Fsp3) is 0. The van der Waals surface area contributed by atoms with E-state index in [1.807, 2.05) is 0 Å². The highest BCUT2D eigenvalue weighted by atomic mass is 16.3. The van der Waals surface area contributed by atoms with Crippen molar-refractivity contribution in [2.24, 2.45) is 0 Å². The molecule has 0 aliphatic rings. The molecular weight excluding hydrogens is 1030 g/mol. The lowest BCUT2D eigenvalue weighted by Crippen LogP contribution is -2.09. The molecule has 0 atom stereocenters. The van der Waals surface area contributed by atoms with Crippen LogP contribution in [0, 0.1) is 0 Å². The summed E-state index contributed by atoms with van der Waals surface area (Å²) in [5.74, 6) is 0. The van der Waals surface area contributed by atoms with Crippen molar-refractivity contribution >= 4 is 154 Å². The van der Waals surface area contributed by atoms with Crippen LogP contribution in [0.2, 0.25) is 0 Å². The molecule has 4 heterocycles. The van der Waals surface area contributed by atoms with Gasteiger partial charge in [-0.15, -0.1) is 0 Å². The number of benzene rings is 14. The van der Waals surface area contributed by atoms with E-state index in [-0.39, 0.29) is 0 Å². The van der Waals surface area contributed by atoms with Crippen LogP contribution in [-0.4, -0.2) is 0 Å². The maximum atomic E-state index is 6.89. The zero-order chi connectivity index (χ0) is 55.0. The van der Waals surface area contributed by atoms with E-state index < -0.39 is 0 Å². The molecule has 6 heteroatoms. The molecule has 18 aromatic rings. The molecular formula is C78H46N2O4. The number of hydrogen-bond donors (Lipinski definition) is 0. The average Bonchev–Trinajstić information content (AvgIpc) is 4.51. The number of rotatable bonds is 8. The van der Waals surface area contributed by atoms with E-state index in [2.05, 4.69) is 289 Å². The van der Waals surface area contributed by atoms with Crippen LogP contribution >= 0.6 is 0 Å². The van der Waals surface area contributed by atoms with Gasteiger partial charge in [0.15, 0.2) is 0 Å². The second-order valence-electron chi connectivity index (χ2n) is 22.0. The third-order valence-corrected chi connectivity index (χ3v) is 17.1.